The Morgan fingerprint density at radius 1 is 0.667 bits per heavy atom. The molecule has 3 aliphatic carbocycles. The fourth-order valence-corrected chi connectivity index (χ4v) is 3.86. The predicted molar refractivity (Wildman–Crippen MR) is 89.4 cm³/mol. The smallest absolute Gasteiger partial charge is 0.0139 e. The lowest BCUT2D eigenvalue weighted by atomic mass is 9.80. The second kappa shape index (κ2) is 6.88. The van der Waals surface area contributed by atoms with Crippen LogP contribution in [0.4, 0.5) is 0 Å². The molecule has 0 saturated heterocycles. The lowest BCUT2D eigenvalue weighted by Crippen LogP contribution is -2.13. The second-order valence-electron chi connectivity index (χ2n) is 6.39. The standard InChI is InChI=1S/C21H26/c1-3-5-15-21(16-6-4-2)19(17-11-7-8-12-17)20(21)18-13-9-10-14-18/h7-14H,3-6,15-16H2,1-2H3. The van der Waals surface area contributed by atoms with Crippen LogP contribution < -0.4 is 0 Å². The Balaban J connectivity index is 1.79. The monoisotopic (exact) mass is 278 g/mol. The molecule has 0 bridgehead atoms. The van der Waals surface area contributed by atoms with Crippen LogP contribution in [-0.4, -0.2) is 0 Å². The van der Waals surface area contributed by atoms with Gasteiger partial charge < -0.3 is 0 Å². The van der Waals surface area contributed by atoms with Gasteiger partial charge in [-0.1, -0.05) is 50.7 Å². The zero-order valence-corrected chi connectivity index (χ0v) is 13.4. The minimum atomic E-state index is 0.370. The first-order valence-corrected chi connectivity index (χ1v) is 8.53. The first-order valence-electron chi connectivity index (χ1n) is 8.53. The molecule has 0 heterocycles. The lowest BCUT2D eigenvalue weighted by Gasteiger charge is -2.23. The quantitative estimate of drug-likeness (QED) is 0.552. The zero-order chi connectivity index (χ0) is 14.7. The Hall–Kier alpha value is -0.260. The highest BCUT2D eigenvalue weighted by Gasteiger charge is 2.57. The highest BCUT2D eigenvalue weighted by Crippen LogP contribution is 2.68. The van der Waals surface area contributed by atoms with Crippen LogP contribution in [0, 0.1) is 68.6 Å². The van der Waals surface area contributed by atoms with E-state index in [0.717, 1.165) is 0 Å². The molecule has 0 aromatic rings. The molecule has 10 radical (unpaired) electrons. The van der Waals surface area contributed by atoms with Crippen LogP contribution in [0.25, 0.3) is 0 Å². The van der Waals surface area contributed by atoms with E-state index in [1.165, 1.54) is 50.4 Å². The van der Waals surface area contributed by atoms with Gasteiger partial charge >= 0.3 is 0 Å². The number of unbranched alkanes of at least 4 members (excludes halogenated alkanes) is 2. The van der Waals surface area contributed by atoms with E-state index in [2.05, 4.69) is 65.2 Å². The zero-order valence-electron chi connectivity index (χ0n) is 13.4. The summed E-state index contributed by atoms with van der Waals surface area (Å²) in [6.45, 7) is 4.61. The van der Waals surface area contributed by atoms with Gasteiger partial charge in [-0.3, -0.25) is 0 Å². The van der Waals surface area contributed by atoms with Crippen LogP contribution in [0.2, 0.25) is 0 Å². The van der Waals surface area contributed by atoms with Crippen LogP contribution >= 0.6 is 0 Å². The molecule has 0 aromatic carbocycles. The fourth-order valence-electron chi connectivity index (χ4n) is 3.86. The average molecular weight is 278 g/mol. The maximum absolute atomic E-state index is 2.31. The molecule has 0 unspecified atom stereocenters. The van der Waals surface area contributed by atoms with Crippen LogP contribution in [0.5, 0.6) is 0 Å². The van der Waals surface area contributed by atoms with Crippen molar-refractivity contribution >= 4 is 0 Å². The Kier molecular flexibility index (Phi) is 5.12. The predicted octanol–water partition coefficient (Wildman–Crippen LogP) is 5.47. The number of rotatable bonds is 8. The van der Waals surface area contributed by atoms with Crippen molar-refractivity contribution < 1.29 is 0 Å². The van der Waals surface area contributed by atoms with Crippen molar-refractivity contribution in [1.29, 1.82) is 0 Å². The topological polar surface area (TPSA) is 0 Å². The second-order valence-corrected chi connectivity index (χ2v) is 6.39. The summed E-state index contributed by atoms with van der Waals surface area (Å²) in [6.07, 6.45) is 25.7. The summed E-state index contributed by atoms with van der Waals surface area (Å²) in [5.74, 6) is 2.91. The summed E-state index contributed by atoms with van der Waals surface area (Å²) in [5, 5.41) is 0. The van der Waals surface area contributed by atoms with E-state index in [-0.39, 0.29) is 0 Å². The molecule has 3 aliphatic rings. The molecule has 21 heavy (non-hydrogen) atoms. The normalized spacial score (nSPS) is 26.0. The number of hydrogen-bond donors (Lipinski definition) is 0. The van der Waals surface area contributed by atoms with Crippen LogP contribution in [-0.2, 0) is 0 Å². The third-order valence-corrected chi connectivity index (χ3v) is 4.96. The number of allylic oxidation sites excluding steroid dienone is 2. The molecule has 2 saturated carbocycles. The van der Waals surface area contributed by atoms with Gasteiger partial charge in [-0.15, -0.1) is 0 Å². The molecule has 0 aromatic heterocycles. The highest BCUT2D eigenvalue weighted by atomic mass is 14.6. The van der Waals surface area contributed by atoms with Gasteiger partial charge in [0.1, 0.15) is 0 Å². The third kappa shape index (κ3) is 2.97. The number of hydrogen-bond acceptors (Lipinski definition) is 0. The van der Waals surface area contributed by atoms with Gasteiger partial charge in [-0.25, -0.2) is 0 Å². The van der Waals surface area contributed by atoms with E-state index in [1.807, 2.05) is 0 Å². The summed E-state index contributed by atoms with van der Waals surface area (Å²) >= 11 is 0. The summed E-state index contributed by atoms with van der Waals surface area (Å²) in [4.78, 5) is 0. The SMILES string of the molecule is CCCCC1(CCCC)C([C]2[CH][CH][CH][CH]2)=C1[C]1[CH][CH][CH][CH]1. The minimum absolute atomic E-state index is 0.370. The fraction of sp³-hybridized carbons (Fsp3) is 0.429. The van der Waals surface area contributed by atoms with E-state index >= 15 is 0 Å². The minimum Gasteiger partial charge on any atom is -0.0654 e. The molecular formula is C21H26. The Bertz CT molecular complexity index is 327. The van der Waals surface area contributed by atoms with E-state index < -0.39 is 0 Å². The Morgan fingerprint density at radius 3 is 1.38 bits per heavy atom. The molecule has 0 aliphatic heterocycles. The largest absolute Gasteiger partial charge is 0.0654 e. The molecule has 2 fully saturated rings. The van der Waals surface area contributed by atoms with Gasteiger partial charge in [0.15, 0.2) is 0 Å². The summed E-state index contributed by atoms with van der Waals surface area (Å²) in [7, 11) is 0. The van der Waals surface area contributed by atoms with Crippen LogP contribution in [0.15, 0.2) is 11.1 Å². The van der Waals surface area contributed by atoms with E-state index in [4.69, 9.17) is 0 Å². The molecule has 3 rings (SSSR count). The van der Waals surface area contributed by atoms with Crippen LogP contribution in [0.3, 0.4) is 0 Å². The molecule has 0 nitrogen and oxygen atoms in total. The van der Waals surface area contributed by atoms with Crippen molar-refractivity contribution in [1.82, 2.24) is 0 Å². The first-order chi connectivity index (χ1) is 10.3. The van der Waals surface area contributed by atoms with E-state index in [9.17, 15) is 0 Å². The van der Waals surface area contributed by atoms with Gasteiger partial charge in [0.2, 0.25) is 0 Å². The molecule has 110 valence electrons. The van der Waals surface area contributed by atoms with Gasteiger partial charge in [0.05, 0.1) is 0 Å². The molecule has 0 atom stereocenters. The van der Waals surface area contributed by atoms with E-state index in [1.54, 1.807) is 11.1 Å². The third-order valence-electron chi connectivity index (χ3n) is 4.96. The molecule has 0 N–H and O–H groups in total. The van der Waals surface area contributed by atoms with Gasteiger partial charge in [0, 0.05) is 17.3 Å². The van der Waals surface area contributed by atoms with E-state index in [0.29, 0.717) is 5.41 Å². The van der Waals surface area contributed by atoms with Gasteiger partial charge in [-0.2, -0.15) is 0 Å². The average Bonchev–Trinajstić information content (AvgIpc) is 2.97. The first kappa shape index (κ1) is 15.6. The summed E-state index contributed by atoms with van der Waals surface area (Å²) in [6, 6.07) is 0. The van der Waals surface area contributed by atoms with Crippen molar-refractivity contribution in [2.45, 2.75) is 52.4 Å². The van der Waals surface area contributed by atoms with Crippen molar-refractivity contribution in [3.8, 4) is 0 Å². The lowest BCUT2D eigenvalue weighted by molar-refractivity contribution is 0.414. The van der Waals surface area contributed by atoms with Crippen molar-refractivity contribution in [3.05, 3.63) is 74.3 Å². The maximum Gasteiger partial charge on any atom is 0.0139 e. The summed E-state index contributed by atoms with van der Waals surface area (Å²) in [5.41, 5.74) is 3.65. The molecule has 0 heteroatoms. The maximum atomic E-state index is 2.31. The summed E-state index contributed by atoms with van der Waals surface area (Å²) < 4.78 is 0. The molecule has 0 amide bonds. The van der Waals surface area contributed by atoms with Crippen molar-refractivity contribution in [2.75, 3.05) is 0 Å². The van der Waals surface area contributed by atoms with Gasteiger partial charge in [-0.05, 0) is 64.2 Å². The molecular weight excluding hydrogens is 252 g/mol. The van der Waals surface area contributed by atoms with Crippen LogP contribution in [0.1, 0.15) is 52.4 Å². The van der Waals surface area contributed by atoms with Crippen molar-refractivity contribution in [2.24, 2.45) is 5.41 Å². The molecule has 0 spiro atoms. The Labute approximate surface area is 132 Å². The Morgan fingerprint density at radius 2 is 1.05 bits per heavy atom. The van der Waals surface area contributed by atoms with Crippen molar-refractivity contribution in [3.63, 3.8) is 0 Å². The highest BCUT2D eigenvalue weighted by molar-refractivity contribution is 5.73. The van der Waals surface area contributed by atoms with Gasteiger partial charge in [0.25, 0.3) is 0 Å².